The van der Waals surface area contributed by atoms with Crippen LogP contribution in [0.3, 0.4) is 0 Å². The fourth-order valence-corrected chi connectivity index (χ4v) is 2.96. The smallest absolute Gasteiger partial charge is 0.264 e. The van der Waals surface area contributed by atoms with Crippen LogP contribution in [0.2, 0.25) is 0 Å². The largest absolute Gasteiger partial charge is 0.494 e. The summed E-state index contributed by atoms with van der Waals surface area (Å²) in [4.78, 5) is 14.8. The van der Waals surface area contributed by atoms with Crippen molar-refractivity contribution in [1.29, 1.82) is 0 Å². The number of nitrogens with two attached hydrogens (primary N) is 1. The highest BCUT2D eigenvalue weighted by atomic mass is 16.3. The van der Waals surface area contributed by atoms with Crippen LogP contribution in [-0.2, 0) is 6.42 Å². The van der Waals surface area contributed by atoms with Gasteiger partial charge in [0, 0.05) is 12.0 Å². The SMILES string of the molecule is Nc1c2c(=O)[nH]c(O)c(Cc3ccccc3)c2nn1-c1ccccc1. The second kappa shape index (κ2) is 5.83. The molecule has 0 aliphatic carbocycles. The summed E-state index contributed by atoms with van der Waals surface area (Å²) < 4.78 is 1.52. The number of aromatic nitrogens is 3. The van der Waals surface area contributed by atoms with Crippen molar-refractivity contribution in [2.75, 3.05) is 5.73 Å². The Labute approximate surface area is 143 Å². The molecule has 0 bridgehead atoms. The highest BCUT2D eigenvalue weighted by molar-refractivity contribution is 5.92. The highest BCUT2D eigenvalue weighted by Gasteiger charge is 2.20. The van der Waals surface area contributed by atoms with Crippen molar-refractivity contribution in [3.8, 4) is 11.6 Å². The third-order valence-electron chi connectivity index (χ3n) is 4.18. The predicted octanol–water partition coefficient (Wildman–Crippen LogP) is 2.59. The first-order valence-corrected chi connectivity index (χ1v) is 7.87. The molecule has 0 spiro atoms. The molecule has 4 N–H and O–H groups in total. The number of hydrogen-bond acceptors (Lipinski definition) is 4. The van der Waals surface area contributed by atoms with Crippen LogP contribution in [0.15, 0.2) is 65.5 Å². The van der Waals surface area contributed by atoms with E-state index in [2.05, 4.69) is 10.1 Å². The number of pyridine rings is 1. The fourth-order valence-electron chi connectivity index (χ4n) is 2.96. The Morgan fingerprint density at radius 2 is 1.68 bits per heavy atom. The third kappa shape index (κ3) is 2.53. The summed E-state index contributed by atoms with van der Waals surface area (Å²) in [6, 6.07) is 19.0. The molecule has 0 atom stereocenters. The van der Waals surface area contributed by atoms with Gasteiger partial charge in [-0.2, -0.15) is 5.10 Å². The second-order valence-corrected chi connectivity index (χ2v) is 5.80. The Kier molecular flexibility index (Phi) is 3.50. The minimum Gasteiger partial charge on any atom is -0.494 e. The average Bonchev–Trinajstić information content (AvgIpc) is 2.98. The summed E-state index contributed by atoms with van der Waals surface area (Å²) in [5.74, 6) is 0.0656. The summed E-state index contributed by atoms with van der Waals surface area (Å²) in [6.07, 6.45) is 0.436. The Balaban J connectivity index is 1.96. The van der Waals surface area contributed by atoms with Crippen LogP contribution in [0, 0.1) is 0 Å². The molecule has 124 valence electrons. The van der Waals surface area contributed by atoms with Gasteiger partial charge in [0.2, 0.25) is 0 Å². The minimum absolute atomic E-state index is 0.181. The van der Waals surface area contributed by atoms with Crippen LogP contribution >= 0.6 is 0 Å². The van der Waals surface area contributed by atoms with Gasteiger partial charge in [-0.15, -0.1) is 0 Å². The van der Waals surface area contributed by atoms with Crippen molar-refractivity contribution < 1.29 is 5.11 Å². The lowest BCUT2D eigenvalue weighted by Crippen LogP contribution is -2.09. The van der Waals surface area contributed by atoms with Crippen molar-refractivity contribution in [1.82, 2.24) is 14.8 Å². The van der Waals surface area contributed by atoms with Gasteiger partial charge in [0.05, 0.1) is 5.69 Å². The van der Waals surface area contributed by atoms with Gasteiger partial charge in [-0.1, -0.05) is 48.5 Å². The number of nitrogens with zero attached hydrogens (tertiary/aromatic N) is 2. The summed E-state index contributed by atoms with van der Waals surface area (Å²) in [5, 5.41) is 15.1. The van der Waals surface area contributed by atoms with Crippen molar-refractivity contribution in [3.63, 3.8) is 0 Å². The van der Waals surface area contributed by atoms with Crippen LogP contribution in [-0.4, -0.2) is 19.9 Å². The quantitative estimate of drug-likeness (QED) is 0.537. The lowest BCUT2D eigenvalue weighted by molar-refractivity contribution is 0.447. The van der Waals surface area contributed by atoms with E-state index < -0.39 is 5.56 Å². The standard InChI is InChI=1S/C19H16N4O2/c20-17-15-16(22-23(17)13-9-5-2-6-10-13)14(18(24)21-19(15)25)11-12-7-3-1-4-8-12/h1-10,24H,11,20H2,(H,21,25). The van der Waals surface area contributed by atoms with Crippen LogP contribution in [0.5, 0.6) is 5.88 Å². The molecule has 0 saturated heterocycles. The van der Waals surface area contributed by atoms with Gasteiger partial charge < -0.3 is 10.8 Å². The highest BCUT2D eigenvalue weighted by Crippen LogP contribution is 2.29. The molecule has 0 aliphatic rings. The summed E-state index contributed by atoms with van der Waals surface area (Å²) in [5.41, 5.74) is 8.43. The topological polar surface area (TPSA) is 96.9 Å². The molecule has 0 unspecified atom stereocenters. The number of hydrogen-bond donors (Lipinski definition) is 3. The monoisotopic (exact) mass is 332 g/mol. The molecule has 6 nitrogen and oxygen atoms in total. The third-order valence-corrected chi connectivity index (χ3v) is 4.18. The predicted molar refractivity (Wildman–Crippen MR) is 97.0 cm³/mol. The minimum atomic E-state index is -0.455. The van der Waals surface area contributed by atoms with Gasteiger partial charge in [-0.3, -0.25) is 9.78 Å². The van der Waals surface area contributed by atoms with Gasteiger partial charge in [0.1, 0.15) is 16.7 Å². The zero-order valence-corrected chi connectivity index (χ0v) is 13.3. The summed E-state index contributed by atoms with van der Waals surface area (Å²) >= 11 is 0. The van der Waals surface area contributed by atoms with Gasteiger partial charge >= 0.3 is 0 Å². The van der Waals surface area contributed by atoms with E-state index in [1.807, 2.05) is 60.7 Å². The number of rotatable bonds is 3. The van der Waals surface area contributed by atoms with Crippen molar-refractivity contribution >= 4 is 16.7 Å². The molecule has 2 aromatic carbocycles. The molecular weight excluding hydrogens is 316 g/mol. The molecule has 0 aliphatic heterocycles. The van der Waals surface area contributed by atoms with E-state index in [4.69, 9.17) is 5.73 Å². The number of aromatic amines is 1. The first kappa shape index (κ1) is 15.0. The molecule has 0 radical (unpaired) electrons. The number of nitrogen functional groups attached to an aromatic ring is 1. The van der Waals surface area contributed by atoms with E-state index in [0.717, 1.165) is 11.3 Å². The molecular formula is C19H16N4O2. The first-order valence-electron chi connectivity index (χ1n) is 7.87. The Morgan fingerprint density at radius 3 is 2.36 bits per heavy atom. The van der Waals surface area contributed by atoms with E-state index >= 15 is 0 Å². The van der Waals surface area contributed by atoms with Crippen LogP contribution < -0.4 is 11.3 Å². The van der Waals surface area contributed by atoms with Gasteiger partial charge in [-0.25, -0.2) is 4.68 Å². The molecule has 6 heteroatoms. The van der Waals surface area contributed by atoms with Crippen LogP contribution in [0.25, 0.3) is 16.6 Å². The molecule has 2 aromatic heterocycles. The van der Waals surface area contributed by atoms with Crippen LogP contribution in [0.1, 0.15) is 11.1 Å². The lowest BCUT2D eigenvalue weighted by atomic mass is 10.0. The maximum atomic E-state index is 12.3. The van der Waals surface area contributed by atoms with E-state index in [9.17, 15) is 9.90 Å². The van der Waals surface area contributed by atoms with Crippen LogP contribution in [0.4, 0.5) is 5.82 Å². The van der Waals surface area contributed by atoms with Gasteiger partial charge in [0.25, 0.3) is 5.56 Å². The van der Waals surface area contributed by atoms with Crippen molar-refractivity contribution in [2.24, 2.45) is 0 Å². The van der Waals surface area contributed by atoms with Gasteiger partial charge in [0.15, 0.2) is 5.88 Å². The Hall–Kier alpha value is -3.54. The summed E-state index contributed by atoms with van der Waals surface area (Å²) in [6.45, 7) is 0. The van der Waals surface area contributed by atoms with E-state index in [1.165, 1.54) is 4.68 Å². The van der Waals surface area contributed by atoms with E-state index in [-0.39, 0.29) is 17.1 Å². The Bertz CT molecular complexity index is 1100. The van der Waals surface area contributed by atoms with Crippen molar-refractivity contribution in [3.05, 3.63) is 82.1 Å². The number of nitrogens with one attached hydrogen (secondary N) is 1. The molecule has 2 heterocycles. The first-order chi connectivity index (χ1) is 12.1. The number of para-hydroxylation sites is 1. The maximum Gasteiger partial charge on any atom is 0.264 e. The van der Waals surface area contributed by atoms with E-state index in [1.54, 1.807) is 0 Å². The molecule has 25 heavy (non-hydrogen) atoms. The Morgan fingerprint density at radius 1 is 1.04 bits per heavy atom. The number of benzene rings is 2. The average molecular weight is 332 g/mol. The number of anilines is 1. The molecule has 4 aromatic rings. The second-order valence-electron chi connectivity index (χ2n) is 5.80. The van der Waals surface area contributed by atoms with Gasteiger partial charge in [-0.05, 0) is 17.7 Å². The number of fused-ring (bicyclic) bond motifs is 1. The number of H-pyrrole nitrogens is 1. The zero-order chi connectivity index (χ0) is 17.4. The molecule has 0 fully saturated rings. The molecule has 0 saturated carbocycles. The normalized spacial score (nSPS) is 11.0. The summed E-state index contributed by atoms with van der Waals surface area (Å²) in [7, 11) is 0. The zero-order valence-electron chi connectivity index (χ0n) is 13.3. The van der Waals surface area contributed by atoms with Crippen molar-refractivity contribution in [2.45, 2.75) is 6.42 Å². The molecule has 0 amide bonds. The van der Waals surface area contributed by atoms with E-state index in [0.29, 0.717) is 17.5 Å². The fraction of sp³-hybridized carbons (Fsp3) is 0.0526. The number of aromatic hydroxyl groups is 1. The lowest BCUT2D eigenvalue weighted by Gasteiger charge is -2.05. The molecule has 4 rings (SSSR count). The maximum absolute atomic E-state index is 12.3.